The van der Waals surface area contributed by atoms with Crippen molar-refractivity contribution in [3.8, 4) is 16.9 Å². The normalized spacial score (nSPS) is 13.6. The number of phenolic OH excluding ortho intramolecular Hbond substituents is 1. The standard InChI is InChI=1S/C43H47N3O6/c1-7-50-42(51-8-2)29(5)46(25-31-16-13-15-30-17-14-22-44-39(30)31)26-37(40(48)38-27(3)23-32(47)24-28(38)4)45(6)43(49)52-41-35-20-11-9-18-33(35)34-19-10-12-21-36(34)41/h9-24,29,37,41-42,47H,7-8,25-26H2,1-6H3/t29-,37-/m0/s1. The fraction of sp³-hybridized carbons (Fsp3) is 0.326. The van der Waals surface area contributed by atoms with Crippen LogP contribution in [0.3, 0.4) is 0 Å². The maximum atomic E-state index is 14.9. The number of Topliss-reactive ketones (excluding diaryl/α,β-unsaturated/α-hetero) is 1. The van der Waals surface area contributed by atoms with E-state index in [1.54, 1.807) is 39.2 Å². The Morgan fingerprint density at radius 2 is 1.44 bits per heavy atom. The molecule has 1 N–H and O–H groups in total. The summed E-state index contributed by atoms with van der Waals surface area (Å²) in [7, 11) is 1.62. The van der Waals surface area contributed by atoms with Crippen LogP contribution in [0.1, 0.15) is 65.1 Å². The number of fused-ring (bicyclic) bond motifs is 4. The van der Waals surface area contributed by atoms with Gasteiger partial charge in [0.1, 0.15) is 11.8 Å². The highest BCUT2D eigenvalue weighted by atomic mass is 16.7. The second-order valence-electron chi connectivity index (χ2n) is 13.3. The fourth-order valence-corrected chi connectivity index (χ4v) is 7.36. The van der Waals surface area contributed by atoms with Gasteiger partial charge in [-0.15, -0.1) is 0 Å². The number of hydrogen-bond donors (Lipinski definition) is 1. The number of ketones is 1. The highest BCUT2D eigenvalue weighted by Crippen LogP contribution is 2.45. The largest absolute Gasteiger partial charge is 0.508 e. The Morgan fingerprint density at radius 3 is 2.06 bits per heavy atom. The third-order valence-corrected chi connectivity index (χ3v) is 9.95. The Kier molecular flexibility index (Phi) is 11.3. The first kappa shape index (κ1) is 36.7. The zero-order valence-corrected chi connectivity index (χ0v) is 30.7. The average molecular weight is 702 g/mol. The molecule has 0 saturated heterocycles. The minimum absolute atomic E-state index is 0.0735. The average Bonchev–Trinajstić information content (AvgIpc) is 3.45. The molecule has 5 aromatic rings. The molecule has 1 aromatic heterocycles. The predicted octanol–water partition coefficient (Wildman–Crippen LogP) is 8.24. The molecule has 0 bridgehead atoms. The van der Waals surface area contributed by atoms with Crippen LogP contribution in [-0.2, 0) is 20.8 Å². The number of aromatic nitrogens is 1. The SMILES string of the molecule is CCOC(OCC)[C@H](C)N(Cc1cccc2cccnc12)C[C@@H](C(=O)c1c(C)cc(O)cc1C)N(C)C(=O)OC1c2ccccc2-c2ccccc21. The number of likely N-dealkylation sites (N-methyl/N-ethyl adjacent to an activating group) is 1. The van der Waals surface area contributed by atoms with Crippen LogP contribution in [0.25, 0.3) is 22.0 Å². The van der Waals surface area contributed by atoms with Crippen LogP contribution in [-0.4, -0.2) is 76.9 Å². The van der Waals surface area contributed by atoms with E-state index in [1.807, 2.05) is 99.6 Å². The second-order valence-corrected chi connectivity index (χ2v) is 13.3. The summed E-state index contributed by atoms with van der Waals surface area (Å²) in [6.45, 7) is 10.8. The van der Waals surface area contributed by atoms with Crippen LogP contribution >= 0.6 is 0 Å². The molecular formula is C43H47N3O6. The maximum absolute atomic E-state index is 14.9. The van der Waals surface area contributed by atoms with Crippen molar-refractivity contribution < 1.29 is 28.9 Å². The van der Waals surface area contributed by atoms with Crippen LogP contribution in [0.5, 0.6) is 5.75 Å². The first-order valence-corrected chi connectivity index (χ1v) is 17.9. The molecule has 0 saturated carbocycles. The zero-order valence-electron chi connectivity index (χ0n) is 30.7. The Bertz CT molecular complexity index is 1980. The molecule has 0 radical (unpaired) electrons. The topological polar surface area (TPSA) is 101 Å². The third kappa shape index (κ3) is 7.44. The lowest BCUT2D eigenvalue weighted by atomic mass is 9.93. The van der Waals surface area contributed by atoms with Gasteiger partial charge in [0.15, 0.2) is 18.2 Å². The van der Waals surface area contributed by atoms with Crippen LogP contribution in [0, 0.1) is 13.8 Å². The monoisotopic (exact) mass is 701 g/mol. The summed E-state index contributed by atoms with van der Waals surface area (Å²) in [6, 6.07) is 27.6. The summed E-state index contributed by atoms with van der Waals surface area (Å²) in [5.41, 5.74) is 7.33. The van der Waals surface area contributed by atoms with Crippen molar-refractivity contribution in [2.75, 3.05) is 26.8 Å². The molecule has 52 heavy (non-hydrogen) atoms. The van der Waals surface area contributed by atoms with E-state index >= 15 is 0 Å². The van der Waals surface area contributed by atoms with E-state index in [4.69, 9.17) is 19.2 Å². The van der Waals surface area contributed by atoms with E-state index in [9.17, 15) is 14.7 Å². The van der Waals surface area contributed by atoms with Crippen LogP contribution in [0.15, 0.2) is 97.2 Å². The maximum Gasteiger partial charge on any atom is 0.411 e. The molecule has 0 spiro atoms. The van der Waals surface area contributed by atoms with Crippen molar-refractivity contribution in [1.29, 1.82) is 0 Å². The molecule has 0 unspecified atom stereocenters. The minimum Gasteiger partial charge on any atom is -0.508 e. The van der Waals surface area contributed by atoms with Crippen molar-refractivity contribution in [2.45, 2.75) is 65.6 Å². The molecule has 1 heterocycles. The lowest BCUT2D eigenvalue weighted by Gasteiger charge is -2.38. The fourth-order valence-electron chi connectivity index (χ4n) is 7.36. The highest BCUT2D eigenvalue weighted by Gasteiger charge is 2.38. The number of nitrogens with zero attached hydrogens (tertiary/aromatic N) is 3. The van der Waals surface area contributed by atoms with Crippen molar-refractivity contribution >= 4 is 22.8 Å². The molecule has 0 fully saturated rings. The van der Waals surface area contributed by atoms with E-state index in [-0.39, 0.29) is 24.1 Å². The van der Waals surface area contributed by atoms with E-state index < -0.39 is 24.5 Å². The van der Waals surface area contributed by atoms with Gasteiger partial charge in [0.2, 0.25) is 0 Å². The quantitative estimate of drug-likeness (QED) is 0.0913. The number of hydrogen-bond acceptors (Lipinski definition) is 8. The predicted molar refractivity (Wildman–Crippen MR) is 202 cm³/mol. The Hall–Kier alpha value is -5.09. The van der Waals surface area contributed by atoms with Gasteiger partial charge in [0.05, 0.1) is 11.6 Å². The van der Waals surface area contributed by atoms with Gasteiger partial charge in [0, 0.05) is 61.6 Å². The number of ether oxygens (including phenoxy) is 3. The molecule has 1 aliphatic carbocycles. The van der Waals surface area contributed by atoms with Gasteiger partial charge in [-0.1, -0.05) is 72.8 Å². The zero-order chi connectivity index (χ0) is 36.9. The molecule has 270 valence electrons. The third-order valence-electron chi connectivity index (χ3n) is 9.95. The molecule has 1 aliphatic rings. The first-order chi connectivity index (χ1) is 25.1. The van der Waals surface area contributed by atoms with Gasteiger partial charge in [-0.3, -0.25) is 19.6 Å². The van der Waals surface area contributed by atoms with Crippen LogP contribution in [0.2, 0.25) is 0 Å². The Balaban J connectivity index is 1.41. The molecular weight excluding hydrogens is 654 g/mol. The molecule has 9 nitrogen and oxygen atoms in total. The van der Waals surface area contributed by atoms with Crippen LogP contribution in [0.4, 0.5) is 4.79 Å². The molecule has 4 aromatic carbocycles. The van der Waals surface area contributed by atoms with E-state index in [0.717, 1.165) is 38.7 Å². The lowest BCUT2D eigenvalue weighted by Crippen LogP contribution is -2.54. The Labute approximate surface area is 305 Å². The van der Waals surface area contributed by atoms with Gasteiger partial charge in [0.25, 0.3) is 0 Å². The van der Waals surface area contributed by atoms with Crippen molar-refractivity contribution in [2.24, 2.45) is 0 Å². The van der Waals surface area contributed by atoms with Crippen molar-refractivity contribution in [3.63, 3.8) is 0 Å². The van der Waals surface area contributed by atoms with E-state index in [1.165, 1.54) is 4.90 Å². The molecule has 9 heteroatoms. The van der Waals surface area contributed by atoms with E-state index in [0.29, 0.717) is 36.4 Å². The van der Waals surface area contributed by atoms with Gasteiger partial charge in [-0.05, 0) is 80.6 Å². The number of rotatable bonds is 14. The van der Waals surface area contributed by atoms with Gasteiger partial charge in [-0.2, -0.15) is 0 Å². The summed E-state index contributed by atoms with van der Waals surface area (Å²) < 4.78 is 18.5. The summed E-state index contributed by atoms with van der Waals surface area (Å²) in [6.07, 6.45) is -0.0920. The van der Waals surface area contributed by atoms with E-state index in [2.05, 4.69) is 4.90 Å². The number of para-hydroxylation sites is 1. The molecule has 0 aliphatic heterocycles. The molecule has 2 atom stereocenters. The number of amides is 1. The number of phenols is 1. The summed E-state index contributed by atoms with van der Waals surface area (Å²) >= 11 is 0. The number of carbonyl (C=O) groups is 2. The van der Waals surface area contributed by atoms with Gasteiger partial charge < -0.3 is 19.3 Å². The number of pyridine rings is 1. The lowest BCUT2D eigenvalue weighted by molar-refractivity contribution is -0.172. The Morgan fingerprint density at radius 1 is 0.846 bits per heavy atom. The molecule has 6 rings (SSSR count). The number of carbonyl (C=O) groups excluding carboxylic acids is 2. The summed E-state index contributed by atoms with van der Waals surface area (Å²) in [5, 5.41) is 11.3. The van der Waals surface area contributed by atoms with Crippen molar-refractivity contribution in [1.82, 2.24) is 14.8 Å². The van der Waals surface area contributed by atoms with Gasteiger partial charge in [-0.25, -0.2) is 4.79 Å². The molecule has 1 amide bonds. The number of aryl methyl sites for hydroxylation is 2. The summed E-state index contributed by atoms with van der Waals surface area (Å²) in [4.78, 5) is 37.5. The smallest absolute Gasteiger partial charge is 0.411 e. The van der Waals surface area contributed by atoms with Crippen molar-refractivity contribution in [3.05, 3.63) is 131 Å². The highest BCUT2D eigenvalue weighted by molar-refractivity contribution is 6.04. The summed E-state index contributed by atoms with van der Waals surface area (Å²) in [5.74, 6) is -0.191. The van der Waals surface area contributed by atoms with Gasteiger partial charge >= 0.3 is 6.09 Å². The minimum atomic E-state index is -0.990. The number of aromatic hydroxyl groups is 1. The first-order valence-electron chi connectivity index (χ1n) is 17.9. The second kappa shape index (κ2) is 16.1. The number of benzene rings is 4. The van der Waals surface area contributed by atoms with Crippen LogP contribution < -0.4 is 0 Å².